The van der Waals surface area contributed by atoms with Crippen LogP contribution in [0.4, 0.5) is 5.69 Å². The third kappa shape index (κ3) is 4.67. The van der Waals surface area contributed by atoms with Crippen molar-refractivity contribution in [3.8, 4) is 0 Å². The molecule has 5 nitrogen and oxygen atoms in total. The topological polar surface area (TPSA) is 69.6 Å². The number of nitrogens with one attached hydrogen (secondary N) is 1. The molecule has 0 unspecified atom stereocenters. The lowest BCUT2D eigenvalue weighted by atomic mass is 10.1. The Morgan fingerprint density at radius 2 is 1.75 bits per heavy atom. The van der Waals surface area contributed by atoms with E-state index in [4.69, 9.17) is 5.11 Å². The number of carboxylic acid groups (broad SMARTS) is 1. The van der Waals surface area contributed by atoms with Gasteiger partial charge in [0.15, 0.2) is 0 Å². The number of aryl methyl sites for hydroxylation is 1. The maximum atomic E-state index is 12.2. The van der Waals surface area contributed by atoms with E-state index in [1.165, 1.54) is 0 Å². The lowest BCUT2D eigenvalue weighted by molar-refractivity contribution is -0.117. The molecule has 1 amide bonds. The molecule has 2 aromatic carbocycles. The average Bonchev–Trinajstić information content (AvgIpc) is 2.52. The summed E-state index contributed by atoms with van der Waals surface area (Å²) in [6.07, 6.45) is 0. The zero-order valence-corrected chi connectivity index (χ0v) is 14.2. The minimum Gasteiger partial charge on any atom is -0.478 e. The van der Waals surface area contributed by atoms with Crippen LogP contribution in [0.5, 0.6) is 0 Å². The lowest BCUT2D eigenvalue weighted by Crippen LogP contribution is -2.30. The van der Waals surface area contributed by atoms with E-state index in [0.717, 1.165) is 22.4 Å². The van der Waals surface area contributed by atoms with E-state index in [-0.39, 0.29) is 18.0 Å². The predicted molar refractivity (Wildman–Crippen MR) is 94.3 cm³/mol. The van der Waals surface area contributed by atoms with Gasteiger partial charge in [0.25, 0.3) is 0 Å². The fraction of sp³-hybridized carbons (Fsp3) is 0.263. The number of anilines is 1. The highest BCUT2D eigenvalue weighted by Gasteiger charge is 2.10. The van der Waals surface area contributed by atoms with Crippen LogP contribution < -0.4 is 5.32 Å². The van der Waals surface area contributed by atoms with Gasteiger partial charge in [-0.25, -0.2) is 4.79 Å². The molecule has 2 N–H and O–H groups in total. The maximum Gasteiger partial charge on any atom is 0.335 e. The fourth-order valence-corrected chi connectivity index (χ4v) is 2.44. The molecule has 2 rings (SSSR count). The number of likely N-dealkylation sites (N-methyl/N-ethyl adjacent to an activating group) is 1. The zero-order chi connectivity index (χ0) is 17.7. The maximum absolute atomic E-state index is 12.2. The molecule has 0 aliphatic carbocycles. The van der Waals surface area contributed by atoms with Crippen molar-refractivity contribution < 1.29 is 14.7 Å². The molecule has 0 saturated heterocycles. The van der Waals surface area contributed by atoms with Crippen LogP contribution in [0.2, 0.25) is 0 Å². The summed E-state index contributed by atoms with van der Waals surface area (Å²) >= 11 is 0. The Balaban J connectivity index is 1.91. The predicted octanol–water partition coefficient (Wildman–Crippen LogP) is 3.07. The second-order valence-corrected chi connectivity index (χ2v) is 5.97. The van der Waals surface area contributed by atoms with Crippen molar-refractivity contribution >= 4 is 17.6 Å². The normalized spacial score (nSPS) is 10.7. The number of hydrogen-bond acceptors (Lipinski definition) is 3. The molecule has 0 aliphatic heterocycles. The van der Waals surface area contributed by atoms with E-state index in [1.54, 1.807) is 24.3 Å². The molecule has 5 heteroatoms. The Morgan fingerprint density at radius 1 is 1.08 bits per heavy atom. The zero-order valence-electron chi connectivity index (χ0n) is 14.2. The van der Waals surface area contributed by atoms with Gasteiger partial charge in [-0.2, -0.15) is 0 Å². The number of nitrogens with zero attached hydrogens (tertiary/aromatic N) is 1. The van der Waals surface area contributed by atoms with Gasteiger partial charge in [-0.1, -0.05) is 24.3 Å². The van der Waals surface area contributed by atoms with Crippen LogP contribution in [-0.4, -0.2) is 35.5 Å². The van der Waals surface area contributed by atoms with Crippen LogP contribution in [0.1, 0.15) is 27.0 Å². The number of hydrogen-bond donors (Lipinski definition) is 2. The number of carboxylic acids is 1. The van der Waals surface area contributed by atoms with Gasteiger partial charge in [0.1, 0.15) is 0 Å². The first-order valence-electron chi connectivity index (χ1n) is 7.73. The number of rotatable bonds is 6. The molecule has 0 aliphatic rings. The summed E-state index contributed by atoms with van der Waals surface area (Å²) in [7, 11) is 1.85. The molecule has 0 heterocycles. The van der Waals surface area contributed by atoms with Crippen LogP contribution >= 0.6 is 0 Å². The molecule has 0 spiro atoms. The molecule has 0 fully saturated rings. The van der Waals surface area contributed by atoms with Crippen molar-refractivity contribution in [2.75, 3.05) is 18.9 Å². The summed E-state index contributed by atoms with van der Waals surface area (Å²) < 4.78 is 0. The minimum atomic E-state index is -0.942. The van der Waals surface area contributed by atoms with Gasteiger partial charge in [-0.05, 0) is 55.8 Å². The number of carbonyl (C=O) groups is 2. The Kier molecular flexibility index (Phi) is 5.71. The summed E-state index contributed by atoms with van der Waals surface area (Å²) in [6, 6.07) is 12.5. The van der Waals surface area contributed by atoms with Crippen molar-refractivity contribution in [3.63, 3.8) is 0 Å². The Bertz CT molecular complexity index is 739. The molecular weight excluding hydrogens is 304 g/mol. The van der Waals surface area contributed by atoms with Crippen LogP contribution in [0.15, 0.2) is 42.5 Å². The van der Waals surface area contributed by atoms with Gasteiger partial charge < -0.3 is 10.4 Å². The summed E-state index contributed by atoms with van der Waals surface area (Å²) in [4.78, 5) is 24.9. The van der Waals surface area contributed by atoms with Gasteiger partial charge in [0.05, 0.1) is 12.1 Å². The summed E-state index contributed by atoms with van der Waals surface area (Å²) in [5.74, 6) is -1.02. The number of benzene rings is 2. The SMILES string of the molecule is Cc1cccc(NC(=O)CN(C)Cc2ccc(C(=O)O)cc2)c1C. The van der Waals surface area contributed by atoms with Crippen molar-refractivity contribution in [1.82, 2.24) is 4.90 Å². The lowest BCUT2D eigenvalue weighted by Gasteiger charge is -2.17. The van der Waals surface area contributed by atoms with E-state index in [2.05, 4.69) is 5.32 Å². The number of carbonyl (C=O) groups excluding carboxylic acids is 1. The number of aromatic carboxylic acids is 1. The van der Waals surface area contributed by atoms with Crippen LogP contribution in [0.3, 0.4) is 0 Å². The Morgan fingerprint density at radius 3 is 2.38 bits per heavy atom. The second kappa shape index (κ2) is 7.75. The number of amides is 1. The average molecular weight is 326 g/mol. The molecule has 0 bridgehead atoms. The first-order valence-corrected chi connectivity index (χ1v) is 7.73. The molecule has 0 saturated carbocycles. The summed E-state index contributed by atoms with van der Waals surface area (Å²) in [6.45, 7) is 4.82. The molecular formula is C19H22N2O3. The molecule has 0 radical (unpaired) electrons. The Labute approximate surface area is 141 Å². The van der Waals surface area contributed by atoms with Crippen molar-refractivity contribution in [3.05, 3.63) is 64.7 Å². The van der Waals surface area contributed by atoms with Crippen LogP contribution in [-0.2, 0) is 11.3 Å². The van der Waals surface area contributed by atoms with E-state index in [0.29, 0.717) is 6.54 Å². The summed E-state index contributed by atoms with van der Waals surface area (Å²) in [5, 5.41) is 11.8. The minimum absolute atomic E-state index is 0.0756. The highest BCUT2D eigenvalue weighted by atomic mass is 16.4. The molecule has 24 heavy (non-hydrogen) atoms. The van der Waals surface area contributed by atoms with E-state index in [9.17, 15) is 9.59 Å². The first kappa shape index (κ1) is 17.7. The van der Waals surface area contributed by atoms with Crippen LogP contribution in [0.25, 0.3) is 0 Å². The van der Waals surface area contributed by atoms with Gasteiger partial charge >= 0.3 is 5.97 Å². The first-order chi connectivity index (χ1) is 11.4. The largest absolute Gasteiger partial charge is 0.478 e. The van der Waals surface area contributed by atoms with Gasteiger partial charge in [0, 0.05) is 12.2 Å². The molecule has 2 aromatic rings. The van der Waals surface area contributed by atoms with Crippen molar-refractivity contribution in [1.29, 1.82) is 0 Å². The molecule has 126 valence electrons. The highest BCUT2D eigenvalue weighted by molar-refractivity contribution is 5.93. The third-order valence-corrected chi connectivity index (χ3v) is 3.95. The van der Waals surface area contributed by atoms with E-state index in [1.807, 2.05) is 44.0 Å². The highest BCUT2D eigenvalue weighted by Crippen LogP contribution is 2.17. The monoisotopic (exact) mass is 326 g/mol. The molecule has 0 atom stereocenters. The standard InChI is InChI=1S/C19H22N2O3/c1-13-5-4-6-17(14(13)2)20-18(22)12-21(3)11-15-7-9-16(10-8-15)19(23)24/h4-10H,11-12H2,1-3H3,(H,20,22)(H,23,24). The van der Waals surface area contributed by atoms with E-state index < -0.39 is 5.97 Å². The van der Waals surface area contributed by atoms with E-state index >= 15 is 0 Å². The molecule has 0 aromatic heterocycles. The fourth-order valence-electron chi connectivity index (χ4n) is 2.44. The smallest absolute Gasteiger partial charge is 0.335 e. The van der Waals surface area contributed by atoms with Crippen molar-refractivity contribution in [2.45, 2.75) is 20.4 Å². The van der Waals surface area contributed by atoms with Gasteiger partial charge in [-0.3, -0.25) is 9.69 Å². The van der Waals surface area contributed by atoms with Crippen LogP contribution in [0, 0.1) is 13.8 Å². The van der Waals surface area contributed by atoms with Crippen molar-refractivity contribution in [2.24, 2.45) is 0 Å². The summed E-state index contributed by atoms with van der Waals surface area (Å²) in [5.41, 5.74) is 4.26. The second-order valence-electron chi connectivity index (χ2n) is 5.97. The van der Waals surface area contributed by atoms with Gasteiger partial charge in [-0.15, -0.1) is 0 Å². The van der Waals surface area contributed by atoms with Gasteiger partial charge in [0.2, 0.25) is 5.91 Å². The Hall–Kier alpha value is -2.66. The quantitative estimate of drug-likeness (QED) is 0.856. The third-order valence-electron chi connectivity index (χ3n) is 3.95.